The van der Waals surface area contributed by atoms with Crippen LogP contribution in [0.5, 0.6) is 0 Å². The fraction of sp³-hybridized carbons (Fsp3) is 0.222. The van der Waals surface area contributed by atoms with E-state index in [9.17, 15) is 9.59 Å². The SMILES string of the molecule is Cc1ccc(Cl)cc1NC(=O)c1cccc(C(=O)NC2CC2)c1. The quantitative estimate of drug-likeness (QED) is 0.897. The third-order valence-corrected chi connectivity index (χ3v) is 3.98. The minimum Gasteiger partial charge on any atom is -0.349 e. The lowest BCUT2D eigenvalue weighted by atomic mass is 10.1. The molecule has 0 atom stereocenters. The molecule has 0 unspecified atom stereocenters. The summed E-state index contributed by atoms with van der Waals surface area (Å²) in [5.41, 5.74) is 2.51. The second-order valence-electron chi connectivity index (χ2n) is 5.74. The molecule has 2 aromatic carbocycles. The predicted octanol–water partition coefficient (Wildman–Crippen LogP) is 3.79. The van der Waals surface area contributed by atoms with Crippen molar-refractivity contribution in [2.45, 2.75) is 25.8 Å². The Kier molecular flexibility index (Phi) is 4.35. The molecule has 0 saturated heterocycles. The smallest absolute Gasteiger partial charge is 0.255 e. The first-order valence-electron chi connectivity index (χ1n) is 7.51. The van der Waals surface area contributed by atoms with Crippen LogP contribution in [0, 0.1) is 6.92 Å². The van der Waals surface area contributed by atoms with Gasteiger partial charge >= 0.3 is 0 Å². The van der Waals surface area contributed by atoms with E-state index in [1.54, 1.807) is 36.4 Å². The van der Waals surface area contributed by atoms with Gasteiger partial charge in [0.05, 0.1) is 0 Å². The molecule has 0 aromatic heterocycles. The number of rotatable bonds is 4. The number of aryl methyl sites for hydroxylation is 1. The zero-order valence-corrected chi connectivity index (χ0v) is 13.5. The Bertz CT molecular complexity index is 769. The Hall–Kier alpha value is -2.33. The number of halogens is 1. The van der Waals surface area contributed by atoms with Gasteiger partial charge in [-0.2, -0.15) is 0 Å². The largest absolute Gasteiger partial charge is 0.349 e. The average molecular weight is 329 g/mol. The molecule has 2 amide bonds. The molecule has 0 aliphatic heterocycles. The minimum absolute atomic E-state index is 0.138. The molecule has 1 fully saturated rings. The van der Waals surface area contributed by atoms with Crippen LogP contribution in [0.25, 0.3) is 0 Å². The molecular weight excluding hydrogens is 312 g/mol. The number of anilines is 1. The van der Waals surface area contributed by atoms with Crippen molar-refractivity contribution in [3.8, 4) is 0 Å². The van der Waals surface area contributed by atoms with Crippen molar-refractivity contribution in [1.29, 1.82) is 0 Å². The van der Waals surface area contributed by atoms with Gasteiger partial charge in [-0.05, 0) is 55.7 Å². The van der Waals surface area contributed by atoms with Gasteiger partial charge < -0.3 is 10.6 Å². The van der Waals surface area contributed by atoms with E-state index < -0.39 is 0 Å². The molecule has 118 valence electrons. The molecule has 1 aliphatic carbocycles. The van der Waals surface area contributed by atoms with Crippen LogP contribution in [0.4, 0.5) is 5.69 Å². The van der Waals surface area contributed by atoms with Gasteiger partial charge in [0.25, 0.3) is 11.8 Å². The number of carbonyl (C=O) groups is 2. The maximum atomic E-state index is 12.4. The molecule has 0 radical (unpaired) electrons. The molecule has 1 aliphatic rings. The summed E-state index contributed by atoms with van der Waals surface area (Å²) in [7, 11) is 0. The van der Waals surface area contributed by atoms with Gasteiger partial charge in [-0.3, -0.25) is 9.59 Å². The van der Waals surface area contributed by atoms with E-state index in [1.165, 1.54) is 0 Å². The summed E-state index contributed by atoms with van der Waals surface area (Å²) in [6, 6.07) is 12.3. The molecule has 5 heteroatoms. The van der Waals surface area contributed by atoms with Gasteiger partial charge in [0.2, 0.25) is 0 Å². The van der Waals surface area contributed by atoms with Gasteiger partial charge in [-0.1, -0.05) is 23.7 Å². The van der Waals surface area contributed by atoms with Gasteiger partial charge in [-0.15, -0.1) is 0 Å². The molecule has 4 nitrogen and oxygen atoms in total. The molecular formula is C18H17ClN2O2. The molecule has 0 spiro atoms. The highest BCUT2D eigenvalue weighted by Gasteiger charge is 2.24. The third-order valence-electron chi connectivity index (χ3n) is 3.75. The Morgan fingerprint density at radius 1 is 1.04 bits per heavy atom. The summed E-state index contributed by atoms with van der Waals surface area (Å²) in [4.78, 5) is 24.5. The maximum absolute atomic E-state index is 12.4. The second kappa shape index (κ2) is 6.42. The molecule has 2 N–H and O–H groups in total. The van der Waals surface area contributed by atoms with Crippen molar-refractivity contribution < 1.29 is 9.59 Å². The van der Waals surface area contributed by atoms with Crippen LogP contribution < -0.4 is 10.6 Å². The van der Waals surface area contributed by atoms with Crippen LogP contribution in [0.3, 0.4) is 0 Å². The number of nitrogens with one attached hydrogen (secondary N) is 2. The van der Waals surface area contributed by atoms with Gasteiger partial charge in [0, 0.05) is 27.9 Å². The zero-order valence-electron chi connectivity index (χ0n) is 12.7. The van der Waals surface area contributed by atoms with E-state index in [0.717, 1.165) is 18.4 Å². The first-order chi connectivity index (χ1) is 11.0. The molecule has 2 aromatic rings. The van der Waals surface area contributed by atoms with Crippen LogP contribution >= 0.6 is 11.6 Å². The van der Waals surface area contributed by atoms with Gasteiger partial charge in [0.15, 0.2) is 0 Å². The lowest BCUT2D eigenvalue weighted by molar-refractivity contribution is 0.0951. The van der Waals surface area contributed by atoms with Crippen molar-refractivity contribution >= 4 is 29.1 Å². The number of hydrogen-bond acceptors (Lipinski definition) is 2. The summed E-state index contributed by atoms with van der Waals surface area (Å²) >= 11 is 5.96. The number of amides is 2. The van der Waals surface area contributed by atoms with Gasteiger partial charge in [0.1, 0.15) is 0 Å². The van der Waals surface area contributed by atoms with Crippen molar-refractivity contribution in [2.75, 3.05) is 5.32 Å². The number of hydrogen-bond donors (Lipinski definition) is 2. The Morgan fingerprint density at radius 3 is 2.43 bits per heavy atom. The second-order valence-corrected chi connectivity index (χ2v) is 6.18. The summed E-state index contributed by atoms with van der Waals surface area (Å²) in [5.74, 6) is -0.405. The molecule has 3 rings (SSSR count). The van der Waals surface area contributed by atoms with E-state index >= 15 is 0 Å². The lowest BCUT2D eigenvalue weighted by Crippen LogP contribution is -2.25. The fourth-order valence-electron chi connectivity index (χ4n) is 2.22. The highest BCUT2D eigenvalue weighted by Crippen LogP contribution is 2.22. The van der Waals surface area contributed by atoms with E-state index in [4.69, 9.17) is 11.6 Å². The van der Waals surface area contributed by atoms with E-state index in [1.807, 2.05) is 13.0 Å². The van der Waals surface area contributed by atoms with Crippen LogP contribution in [0.2, 0.25) is 5.02 Å². The minimum atomic E-state index is -0.267. The zero-order chi connectivity index (χ0) is 16.4. The summed E-state index contributed by atoms with van der Waals surface area (Å²) in [6.07, 6.45) is 2.06. The summed E-state index contributed by atoms with van der Waals surface area (Å²) in [5, 5.41) is 6.30. The highest BCUT2D eigenvalue weighted by atomic mass is 35.5. The number of carbonyl (C=O) groups excluding carboxylic acids is 2. The summed E-state index contributed by atoms with van der Waals surface area (Å²) < 4.78 is 0. The Labute approximate surface area is 139 Å². The van der Waals surface area contributed by atoms with Crippen molar-refractivity contribution in [1.82, 2.24) is 5.32 Å². The maximum Gasteiger partial charge on any atom is 0.255 e. The molecule has 23 heavy (non-hydrogen) atoms. The Balaban J connectivity index is 1.76. The Morgan fingerprint density at radius 2 is 1.74 bits per heavy atom. The first kappa shape index (κ1) is 15.6. The van der Waals surface area contributed by atoms with E-state index in [0.29, 0.717) is 21.8 Å². The summed E-state index contributed by atoms with van der Waals surface area (Å²) in [6.45, 7) is 1.89. The topological polar surface area (TPSA) is 58.2 Å². The predicted molar refractivity (Wildman–Crippen MR) is 91.1 cm³/mol. The highest BCUT2D eigenvalue weighted by molar-refractivity contribution is 6.31. The first-order valence-corrected chi connectivity index (χ1v) is 7.89. The molecule has 0 bridgehead atoms. The van der Waals surface area contributed by atoms with Gasteiger partial charge in [-0.25, -0.2) is 0 Å². The van der Waals surface area contributed by atoms with Crippen molar-refractivity contribution in [3.63, 3.8) is 0 Å². The molecule has 1 saturated carbocycles. The van der Waals surface area contributed by atoms with Crippen LogP contribution in [0.15, 0.2) is 42.5 Å². The normalized spacial score (nSPS) is 13.5. The average Bonchev–Trinajstić information content (AvgIpc) is 3.35. The third kappa shape index (κ3) is 3.90. The lowest BCUT2D eigenvalue weighted by Gasteiger charge is -2.10. The van der Waals surface area contributed by atoms with Crippen LogP contribution in [-0.4, -0.2) is 17.9 Å². The number of benzene rings is 2. The van der Waals surface area contributed by atoms with Crippen molar-refractivity contribution in [3.05, 3.63) is 64.2 Å². The van der Waals surface area contributed by atoms with E-state index in [-0.39, 0.29) is 17.9 Å². The van der Waals surface area contributed by atoms with Crippen LogP contribution in [0.1, 0.15) is 39.1 Å². The standard InChI is InChI=1S/C18H17ClN2O2/c1-11-5-6-14(19)10-16(11)21-18(23)13-4-2-3-12(9-13)17(22)20-15-7-8-15/h2-6,9-10,15H,7-8H2,1H3,(H,20,22)(H,21,23). The van der Waals surface area contributed by atoms with Crippen molar-refractivity contribution in [2.24, 2.45) is 0 Å². The molecule has 0 heterocycles. The monoisotopic (exact) mass is 328 g/mol. The van der Waals surface area contributed by atoms with E-state index in [2.05, 4.69) is 10.6 Å². The van der Waals surface area contributed by atoms with Crippen LogP contribution in [-0.2, 0) is 0 Å². The fourth-order valence-corrected chi connectivity index (χ4v) is 2.39.